The van der Waals surface area contributed by atoms with Crippen LogP contribution >= 0.6 is 0 Å². The summed E-state index contributed by atoms with van der Waals surface area (Å²) in [5.74, 6) is 0. The van der Waals surface area contributed by atoms with Gasteiger partial charge in [0.15, 0.2) is 0 Å². The Labute approximate surface area is 88.2 Å². The van der Waals surface area contributed by atoms with E-state index in [4.69, 9.17) is 5.73 Å². The third kappa shape index (κ3) is 2.94. The fourth-order valence-corrected chi connectivity index (χ4v) is 2.40. The summed E-state index contributed by atoms with van der Waals surface area (Å²) in [7, 11) is 2.19. The molecule has 2 atom stereocenters. The summed E-state index contributed by atoms with van der Waals surface area (Å²) >= 11 is 0. The molecule has 0 spiro atoms. The summed E-state index contributed by atoms with van der Waals surface area (Å²) in [6.45, 7) is 8.87. The number of piperazine rings is 1. The molecule has 0 amide bonds. The molecule has 0 saturated carbocycles. The Balaban J connectivity index is 2.49. The van der Waals surface area contributed by atoms with Crippen molar-refractivity contribution in [3.05, 3.63) is 0 Å². The Bertz CT molecular complexity index is 161. The molecular formula is C11H25N3. The lowest BCUT2D eigenvalue weighted by Gasteiger charge is -2.43. The van der Waals surface area contributed by atoms with E-state index in [9.17, 15) is 0 Å². The van der Waals surface area contributed by atoms with Crippen molar-refractivity contribution in [1.29, 1.82) is 0 Å². The number of hydrogen-bond acceptors (Lipinski definition) is 3. The molecule has 0 aromatic heterocycles. The number of nitrogens with two attached hydrogens (primary N) is 1. The maximum atomic E-state index is 5.82. The number of nitrogens with zero attached hydrogens (tertiary/aromatic N) is 2. The fraction of sp³-hybridized carbons (Fsp3) is 1.00. The van der Waals surface area contributed by atoms with Gasteiger partial charge >= 0.3 is 0 Å². The molecule has 0 bridgehead atoms. The van der Waals surface area contributed by atoms with Gasteiger partial charge in [-0.05, 0) is 20.4 Å². The average Bonchev–Trinajstić information content (AvgIpc) is 2.17. The van der Waals surface area contributed by atoms with E-state index in [-0.39, 0.29) is 0 Å². The SMILES string of the molecule is CCCC(C)N1CCN(C)CC1CN. The molecule has 1 aliphatic heterocycles. The van der Waals surface area contributed by atoms with E-state index in [2.05, 4.69) is 30.7 Å². The van der Waals surface area contributed by atoms with E-state index < -0.39 is 0 Å². The smallest absolute Gasteiger partial charge is 0.0348 e. The van der Waals surface area contributed by atoms with Gasteiger partial charge in [0.2, 0.25) is 0 Å². The normalized spacial score (nSPS) is 27.9. The van der Waals surface area contributed by atoms with Gasteiger partial charge in [-0.1, -0.05) is 13.3 Å². The topological polar surface area (TPSA) is 32.5 Å². The minimum Gasteiger partial charge on any atom is -0.329 e. The molecule has 1 saturated heterocycles. The zero-order chi connectivity index (χ0) is 10.6. The molecule has 3 heteroatoms. The molecule has 1 heterocycles. The van der Waals surface area contributed by atoms with Gasteiger partial charge in [-0.25, -0.2) is 0 Å². The summed E-state index contributed by atoms with van der Waals surface area (Å²) in [6, 6.07) is 1.26. The Kier molecular flexibility index (Phi) is 4.85. The summed E-state index contributed by atoms with van der Waals surface area (Å²) < 4.78 is 0. The fourth-order valence-electron chi connectivity index (χ4n) is 2.40. The second-order valence-corrected chi connectivity index (χ2v) is 4.53. The number of rotatable bonds is 4. The summed E-state index contributed by atoms with van der Waals surface area (Å²) in [4.78, 5) is 4.97. The van der Waals surface area contributed by atoms with Crippen LogP contribution in [0.15, 0.2) is 0 Å². The molecule has 14 heavy (non-hydrogen) atoms. The standard InChI is InChI=1S/C11H25N3/c1-4-5-10(2)14-7-6-13(3)9-11(14)8-12/h10-11H,4-9,12H2,1-3H3. The van der Waals surface area contributed by atoms with Crippen LogP contribution in [0, 0.1) is 0 Å². The van der Waals surface area contributed by atoms with Gasteiger partial charge in [0.05, 0.1) is 0 Å². The lowest BCUT2D eigenvalue weighted by molar-refractivity contribution is 0.0590. The molecule has 0 radical (unpaired) electrons. The van der Waals surface area contributed by atoms with Crippen molar-refractivity contribution in [3.63, 3.8) is 0 Å². The summed E-state index contributed by atoms with van der Waals surface area (Å²) in [5, 5.41) is 0. The lowest BCUT2D eigenvalue weighted by atomic mass is 10.1. The quantitative estimate of drug-likeness (QED) is 0.725. The second-order valence-electron chi connectivity index (χ2n) is 4.53. The van der Waals surface area contributed by atoms with Crippen LogP contribution in [-0.4, -0.2) is 55.1 Å². The predicted octanol–water partition coefficient (Wildman–Crippen LogP) is 0.750. The van der Waals surface area contributed by atoms with E-state index in [1.165, 1.54) is 25.9 Å². The molecule has 0 aromatic carbocycles. The number of hydrogen-bond donors (Lipinski definition) is 1. The Morgan fingerprint density at radius 2 is 2.14 bits per heavy atom. The van der Waals surface area contributed by atoms with Crippen LogP contribution in [-0.2, 0) is 0 Å². The van der Waals surface area contributed by atoms with Crippen molar-refractivity contribution in [1.82, 2.24) is 9.80 Å². The number of likely N-dealkylation sites (N-methyl/N-ethyl adjacent to an activating group) is 1. The first-order valence-electron chi connectivity index (χ1n) is 5.83. The summed E-state index contributed by atoms with van der Waals surface area (Å²) in [5.41, 5.74) is 5.82. The zero-order valence-corrected chi connectivity index (χ0v) is 9.87. The average molecular weight is 199 g/mol. The third-order valence-corrected chi connectivity index (χ3v) is 3.28. The van der Waals surface area contributed by atoms with Gasteiger partial charge in [0.25, 0.3) is 0 Å². The Hall–Kier alpha value is -0.120. The van der Waals surface area contributed by atoms with Crippen molar-refractivity contribution in [3.8, 4) is 0 Å². The highest BCUT2D eigenvalue weighted by Gasteiger charge is 2.26. The Morgan fingerprint density at radius 3 is 2.71 bits per heavy atom. The van der Waals surface area contributed by atoms with Gasteiger partial charge in [-0.3, -0.25) is 4.90 Å². The van der Waals surface area contributed by atoms with E-state index in [0.29, 0.717) is 12.1 Å². The first-order valence-corrected chi connectivity index (χ1v) is 5.83. The van der Waals surface area contributed by atoms with Gasteiger partial charge in [-0.15, -0.1) is 0 Å². The van der Waals surface area contributed by atoms with Gasteiger partial charge < -0.3 is 10.6 Å². The van der Waals surface area contributed by atoms with Crippen molar-refractivity contribution >= 4 is 0 Å². The maximum Gasteiger partial charge on any atom is 0.0348 e. The first-order chi connectivity index (χ1) is 6.69. The lowest BCUT2D eigenvalue weighted by Crippen LogP contribution is -2.57. The minimum absolute atomic E-state index is 0.565. The van der Waals surface area contributed by atoms with Crippen LogP contribution in [0.1, 0.15) is 26.7 Å². The summed E-state index contributed by atoms with van der Waals surface area (Å²) in [6.07, 6.45) is 2.56. The van der Waals surface area contributed by atoms with E-state index >= 15 is 0 Å². The highest BCUT2D eigenvalue weighted by molar-refractivity contribution is 4.84. The van der Waals surface area contributed by atoms with Gasteiger partial charge in [-0.2, -0.15) is 0 Å². The molecule has 0 aromatic rings. The van der Waals surface area contributed by atoms with Crippen molar-refractivity contribution < 1.29 is 0 Å². The highest BCUT2D eigenvalue weighted by atomic mass is 15.3. The minimum atomic E-state index is 0.565. The molecule has 1 fully saturated rings. The van der Waals surface area contributed by atoms with Crippen LogP contribution in [0.25, 0.3) is 0 Å². The largest absolute Gasteiger partial charge is 0.329 e. The second kappa shape index (κ2) is 5.69. The van der Waals surface area contributed by atoms with Crippen LogP contribution < -0.4 is 5.73 Å². The third-order valence-electron chi connectivity index (χ3n) is 3.28. The monoisotopic (exact) mass is 199 g/mol. The molecule has 0 aliphatic carbocycles. The van der Waals surface area contributed by atoms with Crippen molar-refractivity contribution in [2.75, 3.05) is 33.2 Å². The molecule has 1 rings (SSSR count). The van der Waals surface area contributed by atoms with Gasteiger partial charge in [0, 0.05) is 38.3 Å². The maximum absolute atomic E-state index is 5.82. The van der Waals surface area contributed by atoms with Crippen LogP contribution in [0.5, 0.6) is 0 Å². The first kappa shape index (κ1) is 12.0. The van der Waals surface area contributed by atoms with E-state index in [0.717, 1.165) is 13.1 Å². The molecule has 2 unspecified atom stereocenters. The molecule has 84 valence electrons. The van der Waals surface area contributed by atoms with Crippen LogP contribution in [0.3, 0.4) is 0 Å². The van der Waals surface area contributed by atoms with Crippen molar-refractivity contribution in [2.24, 2.45) is 5.73 Å². The predicted molar refractivity (Wildman–Crippen MR) is 61.4 cm³/mol. The van der Waals surface area contributed by atoms with Crippen LogP contribution in [0.4, 0.5) is 0 Å². The molecule has 2 N–H and O–H groups in total. The van der Waals surface area contributed by atoms with Crippen molar-refractivity contribution in [2.45, 2.75) is 38.8 Å². The zero-order valence-electron chi connectivity index (χ0n) is 9.87. The van der Waals surface area contributed by atoms with E-state index in [1.807, 2.05) is 0 Å². The molecule has 1 aliphatic rings. The Morgan fingerprint density at radius 1 is 1.43 bits per heavy atom. The molecule has 3 nitrogen and oxygen atoms in total. The van der Waals surface area contributed by atoms with Gasteiger partial charge in [0.1, 0.15) is 0 Å². The van der Waals surface area contributed by atoms with Crippen LogP contribution in [0.2, 0.25) is 0 Å². The van der Waals surface area contributed by atoms with E-state index in [1.54, 1.807) is 0 Å². The molecular weight excluding hydrogens is 174 g/mol. The highest BCUT2D eigenvalue weighted by Crippen LogP contribution is 2.14.